The molecule has 102 valence electrons. The molecular formula is C17H18N2O. The van der Waals surface area contributed by atoms with Gasteiger partial charge in [-0.05, 0) is 36.6 Å². The molecule has 3 aromatic rings. The first-order valence-electron chi connectivity index (χ1n) is 6.70. The highest BCUT2D eigenvalue weighted by molar-refractivity contribution is 5.82. The Kier molecular flexibility index (Phi) is 3.30. The van der Waals surface area contributed by atoms with Gasteiger partial charge < -0.3 is 4.42 Å². The molecule has 0 spiro atoms. The lowest BCUT2D eigenvalue weighted by Crippen LogP contribution is -2.29. The monoisotopic (exact) mass is 266 g/mol. The number of rotatable bonds is 3. The molecule has 3 nitrogen and oxygen atoms in total. The van der Waals surface area contributed by atoms with Crippen molar-refractivity contribution in [3.05, 3.63) is 71.0 Å². The van der Waals surface area contributed by atoms with E-state index in [9.17, 15) is 0 Å². The Morgan fingerprint density at radius 3 is 2.60 bits per heavy atom. The highest BCUT2D eigenvalue weighted by Crippen LogP contribution is 2.32. The maximum Gasteiger partial charge on any atom is 0.134 e. The number of nitrogens with two attached hydrogens (primary N) is 1. The molecule has 0 aliphatic carbocycles. The van der Waals surface area contributed by atoms with E-state index in [1.807, 2.05) is 18.2 Å². The van der Waals surface area contributed by atoms with Gasteiger partial charge in [-0.1, -0.05) is 36.4 Å². The Labute approximate surface area is 118 Å². The zero-order chi connectivity index (χ0) is 14.1. The number of para-hydroxylation sites is 1. The fourth-order valence-electron chi connectivity index (χ4n) is 2.66. The van der Waals surface area contributed by atoms with Gasteiger partial charge >= 0.3 is 0 Å². The molecule has 0 bridgehead atoms. The van der Waals surface area contributed by atoms with E-state index in [1.54, 1.807) is 6.26 Å². The van der Waals surface area contributed by atoms with Gasteiger partial charge in [-0.2, -0.15) is 0 Å². The minimum absolute atomic E-state index is 0.0708. The van der Waals surface area contributed by atoms with Crippen molar-refractivity contribution in [1.29, 1.82) is 0 Å². The summed E-state index contributed by atoms with van der Waals surface area (Å²) in [6.45, 7) is 4.23. The number of fused-ring (bicyclic) bond motifs is 1. The van der Waals surface area contributed by atoms with Crippen molar-refractivity contribution in [3.63, 3.8) is 0 Å². The molecular weight excluding hydrogens is 248 g/mol. The normalized spacial score (nSPS) is 12.8. The van der Waals surface area contributed by atoms with Crippen LogP contribution < -0.4 is 11.3 Å². The van der Waals surface area contributed by atoms with Crippen LogP contribution in [0.3, 0.4) is 0 Å². The van der Waals surface area contributed by atoms with Crippen molar-refractivity contribution in [2.45, 2.75) is 19.9 Å². The maximum atomic E-state index is 5.81. The quantitative estimate of drug-likeness (QED) is 0.562. The Balaban J connectivity index is 2.17. The third-order valence-corrected chi connectivity index (χ3v) is 3.95. The van der Waals surface area contributed by atoms with Crippen molar-refractivity contribution < 1.29 is 4.42 Å². The van der Waals surface area contributed by atoms with E-state index in [0.717, 1.165) is 16.5 Å². The largest absolute Gasteiger partial charge is 0.464 e. The predicted octanol–water partition coefficient (Wildman–Crippen LogP) is 3.60. The minimum atomic E-state index is -0.0708. The lowest BCUT2D eigenvalue weighted by molar-refractivity contribution is 0.584. The number of hydrogen-bond acceptors (Lipinski definition) is 3. The predicted molar refractivity (Wildman–Crippen MR) is 81.3 cm³/mol. The van der Waals surface area contributed by atoms with Gasteiger partial charge in [-0.25, -0.2) is 5.43 Å². The van der Waals surface area contributed by atoms with Crippen LogP contribution in [-0.4, -0.2) is 0 Å². The molecule has 2 aromatic carbocycles. The third-order valence-electron chi connectivity index (χ3n) is 3.95. The van der Waals surface area contributed by atoms with Gasteiger partial charge in [0.2, 0.25) is 0 Å². The summed E-state index contributed by atoms with van der Waals surface area (Å²) < 4.78 is 5.63. The van der Waals surface area contributed by atoms with Crippen LogP contribution in [0.15, 0.2) is 53.1 Å². The van der Waals surface area contributed by atoms with Crippen molar-refractivity contribution in [3.8, 4) is 0 Å². The first-order valence-corrected chi connectivity index (χ1v) is 6.70. The number of furan rings is 1. The Morgan fingerprint density at radius 2 is 1.80 bits per heavy atom. The van der Waals surface area contributed by atoms with Crippen LogP contribution in [0.2, 0.25) is 0 Å². The molecule has 0 saturated heterocycles. The summed E-state index contributed by atoms with van der Waals surface area (Å²) in [5, 5.41) is 1.09. The van der Waals surface area contributed by atoms with E-state index < -0.39 is 0 Å². The van der Waals surface area contributed by atoms with Crippen molar-refractivity contribution in [1.82, 2.24) is 5.43 Å². The SMILES string of the molecule is Cc1cccc(C(NN)c2coc3ccccc23)c1C. The van der Waals surface area contributed by atoms with Gasteiger partial charge in [0.15, 0.2) is 0 Å². The van der Waals surface area contributed by atoms with Gasteiger partial charge in [-0.3, -0.25) is 5.84 Å². The Morgan fingerprint density at radius 1 is 1.00 bits per heavy atom. The van der Waals surface area contributed by atoms with Crippen molar-refractivity contribution in [2.24, 2.45) is 5.84 Å². The van der Waals surface area contributed by atoms with Crippen LogP contribution in [0.25, 0.3) is 11.0 Å². The van der Waals surface area contributed by atoms with Crippen LogP contribution in [0, 0.1) is 13.8 Å². The summed E-state index contributed by atoms with van der Waals surface area (Å²) in [4.78, 5) is 0. The van der Waals surface area contributed by atoms with Crippen LogP contribution >= 0.6 is 0 Å². The molecule has 0 radical (unpaired) electrons. The van der Waals surface area contributed by atoms with Crippen molar-refractivity contribution >= 4 is 11.0 Å². The molecule has 1 atom stereocenters. The first kappa shape index (κ1) is 12.9. The minimum Gasteiger partial charge on any atom is -0.464 e. The van der Waals surface area contributed by atoms with Gasteiger partial charge in [0.1, 0.15) is 5.58 Å². The highest BCUT2D eigenvalue weighted by atomic mass is 16.3. The fraction of sp³-hybridized carbons (Fsp3) is 0.176. The molecule has 0 amide bonds. The summed E-state index contributed by atoms with van der Waals surface area (Å²) in [6, 6.07) is 14.2. The zero-order valence-electron chi connectivity index (χ0n) is 11.7. The van der Waals surface area contributed by atoms with E-state index >= 15 is 0 Å². The van der Waals surface area contributed by atoms with Crippen molar-refractivity contribution in [2.75, 3.05) is 0 Å². The lowest BCUT2D eigenvalue weighted by atomic mass is 9.93. The standard InChI is InChI=1S/C17H18N2O/c1-11-6-5-8-13(12(11)2)17(19-18)15-10-20-16-9-4-3-7-14(15)16/h3-10,17,19H,18H2,1-2H3. The molecule has 0 fully saturated rings. The third kappa shape index (κ3) is 2.01. The van der Waals surface area contributed by atoms with E-state index in [-0.39, 0.29) is 6.04 Å². The second-order valence-corrected chi connectivity index (χ2v) is 5.08. The van der Waals surface area contributed by atoms with Crippen LogP contribution in [0.4, 0.5) is 0 Å². The summed E-state index contributed by atoms with van der Waals surface area (Å²) in [7, 11) is 0. The number of hydrazine groups is 1. The summed E-state index contributed by atoms with van der Waals surface area (Å²) in [5.41, 5.74) is 8.56. The molecule has 3 N–H and O–H groups in total. The number of aryl methyl sites for hydroxylation is 1. The number of benzene rings is 2. The van der Waals surface area contributed by atoms with E-state index in [1.165, 1.54) is 16.7 Å². The fourth-order valence-corrected chi connectivity index (χ4v) is 2.66. The molecule has 1 heterocycles. The summed E-state index contributed by atoms with van der Waals surface area (Å²) in [5.74, 6) is 5.81. The van der Waals surface area contributed by atoms with E-state index in [0.29, 0.717) is 0 Å². The van der Waals surface area contributed by atoms with Gasteiger partial charge in [0.25, 0.3) is 0 Å². The first-order chi connectivity index (χ1) is 9.72. The van der Waals surface area contributed by atoms with Gasteiger partial charge in [-0.15, -0.1) is 0 Å². The number of nitrogens with one attached hydrogen (secondary N) is 1. The van der Waals surface area contributed by atoms with E-state index in [4.69, 9.17) is 10.3 Å². The highest BCUT2D eigenvalue weighted by Gasteiger charge is 2.19. The maximum absolute atomic E-state index is 5.81. The zero-order valence-corrected chi connectivity index (χ0v) is 11.7. The van der Waals surface area contributed by atoms with Crippen LogP contribution in [0.5, 0.6) is 0 Å². The molecule has 3 rings (SSSR count). The average molecular weight is 266 g/mol. The molecule has 20 heavy (non-hydrogen) atoms. The van der Waals surface area contributed by atoms with Gasteiger partial charge in [0.05, 0.1) is 12.3 Å². The molecule has 0 saturated carbocycles. The van der Waals surface area contributed by atoms with Crippen LogP contribution in [0.1, 0.15) is 28.3 Å². The Bertz CT molecular complexity index is 746. The second-order valence-electron chi connectivity index (χ2n) is 5.08. The van der Waals surface area contributed by atoms with E-state index in [2.05, 4.69) is 43.5 Å². The lowest BCUT2D eigenvalue weighted by Gasteiger charge is -2.19. The second kappa shape index (κ2) is 5.12. The number of hydrogen-bond donors (Lipinski definition) is 2. The molecule has 0 aliphatic heterocycles. The summed E-state index contributed by atoms with van der Waals surface area (Å²) in [6.07, 6.45) is 1.79. The summed E-state index contributed by atoms with van der Waals surface area (Å²) >= 11 is 0. The average Bonchev–Trinajstić information content (AvgIpc) is 2.88. The molecule has 1 aromatic heterocycles. The Hall–Kier alpha value is -2.10. The molecule has 1 unspecified atom stereocenters. The molecule has 0 aliphatic rings. The van der Waals surface area contributed by atoms with Gasteiger partial charge in [0, 0.05) is 10.9 Å². The topological polar surface area (TPSA) is 51.2 Å². The molecule has 3 heteroatoms. The van der Waals surface area contributed by atoms with Crippen LogP contribution in [-0.2, 0) is 0 Å². The smallest absolute Gasteiger partial charge is 0.134 e.